The van der Waals surface area contributed by atoms with E-state index in [-0.39, 0.29) is 11.4 Å². The zero-order chi connectivity index (χ0) is 18.0. The van der Waals surface area contributed by atoms with Crippen LogP contribution in [-0.2, 0) is 9.53 Å². The number of anilines is 1. The SMILES string of the molecule is CN(C)c1ccc(/C=C2/NC(c3ccccc3[N+](=O)[O-])OC2=O)cc1. The first kappa shape index (κ1) is 16.5. The second-order valence-corrected chi connectivity index (χ2v) is 5.79. The first-order valence-corrected chi connectivity index (χ1v) is 7.65. The molecule has 0 amide bonds. The number of nitro benzene ring substituents is 1. The molecule has 1 fully saturated rings. The Morgan fingerprint density at radius 3 is 2.48 bits per heavy atom. The zero-order valence-corrected chi connectivity index (χ0v) is 13.8. The van der Waals surface area contributed by atoms with E-state index in [0.717, 1.165) is 11.3 Å². The molecule has 0 radical (unpaired) electrons. The van der Waals surface area contributed by atoms with E-state index in [1.54, 1.807) is 24.3 Å². The molecule has 1 N–H and O–H groups in total. The molecule has 0 saturated carbocycles. The summed E-state index contributed by atoms with van der Waals surface area (Å²) in [5.74, 6) is -0.542. The van der Waals surface area contributed by atoms with Crippen LogP contribution < -0.4 is 10.2 Å². The maximum atomic E-state index is 12.1. The predicted molar refractivity (Wildman–Crippen MR) is 93.8 cm³/mol. The monoisotopic (exact) mass is 339 g/mol. The highest BCUT2D eigenvalue weighted by Gasteiger charge is 2.33. The molecule has 1 atom stereocenters. The Hall–Kier alpha value is -3.35. The van der Waals surface area contributed by atoms with Crippen LogP contribution in [0, 0.1) is 10.1 Å². The van der Waals surface area contributed by atoms with Gasteiger partial charge in [0, 0.05) is 25.8 Å². The van der Waals surface area contributed by atoms with Crippen LogP contribution in [0.5, 0.6) is 0 Å². The van der Waals surface area contributed by atoms with Crippen LogP contribution in [0.25, 0.3) is 6.08 Å². The van der Waals surface area contributed by atoms with E-state index in [9.17, 15) is 14.9 Å². The minimum Gasteiger partial charge on any atom is -0.432 e. The molecular formula is C18H17N3O4. The van der Waals surface area contributed by atoms with Gasteiger partial charge in [0.05, 0.1) is 10.5 Å². The zero-order valence-electron chi connectivity index (χ0n) is 13.8. The molecule has 0 aliphatic carbocycles. The molecule has 1 saturated heterocycles. The largest absolute Gasteiger partial charge is 0.432 e. The highest BCUT2D eigenvalue weighted by molar-refractivity contribution is 5.95. The lowest BCUT2D eigenvalue weighted by molar-refractivity contribution is -0.386. The van der Waals surface area contributed by atoms with Gasteiger partial charge in [-0.2, -0.15) is 0 Å². The fraction of sp³-hybridized carbons (Fsp3) is 0.167. The molecule has 1 aliphatic heterocycles. The van der Waals surface area contributed by atoms with Crippen LogP contribution >= 0.6 is 0 Å². The van der Waals surface area contributed by atoms with Gasteiger partial charge < -0.3 is 15.0 Å². The Morgan fingerprint density at radius 2 is 1.84 bits per heavy atom. The van der Waals surface area contributed by atoms with Crippen LogP contribution in [-0.4, -0.2) is 25.0 Å². The summed E-state index contributed by atoms with van der Waals surface area (Å²) >= 11 is 0. The van der Waals surface area contributed by atoms with Crippen molar-refractivity contribution in [1.82, 2.24) is 5.32 Å². The Balaban J connectivity index is 1.84. The molecule has 25 heavy (non-hydrogen) atoms. The summed E-state index contributed by atoms with van der Waals surface area (Å²) in [7, 11) is 3.89. The fourth-order valence-electron chi connectivity index (χ4n) is 2.55. The molecular weight excluding hydrogens is 322 g/mol. The minimum absolute atomic E-state index is 0.0932. The molecule has 3 rings (SSSR count). The van der Waals surface area contributed by atoms with E-state index < -0.39 is 17.1 Å². The van der Waals surface area contributed by atoms with E-state index >= 15 is 0 Å². The third kappa shape index (κ3) is 3.45. The van der Waals surface area contributed by atoms with Gasteiger partial charge in [0.1, 0.15) is 5.70 Å². The fourth-order valence-corrected chi connectivity index (χ4v) is 2.55. The van der Waals surface area contributed by atoms with Crippen molar-refractivity contribution in [2.45, 2.75) is 6.23 Å². The molecule has 128 valence electrons. The molecule has 0 spiro atoms. The summed E-state index contributed by atoms with van der Waals surface area (Å²) < 4.78 is 5.25. The smallest absolute Gasteiger partial charge is 0.356 e. The van der Waals surface area contributed by atoms with Gasteiger partial charge >= 0.3 is 5.97 Å². The van der Waals surface area contributed by atoms with Gasteiger partial charge in [0.2, 0.25) is 6.23 Å². The number of nitro groups is 1. The van der Waals surface area contributed by atoms with Crippen molar-refractivity contribution in [3.8, 4) is 0 Å². The summed E-state index contributed by atoms with van der Waals surface area (Å²) in [6, 6.07) is 13.8. The van der Waals surface area contributed by atoms with Gasteiger partial charge in [-0.1, -0.05) is 24.3 Å². The average Bonchev–Trinajstić information content (AvgIpc) is 2.96. The lowest BCUT2D eigenvalue weighted by Gasteiger charge is -2.12. The second-order valence-electron chi connectivity index (χ2n) is 5.79. The maximum Gasteiger partial charge on any atom is 0.356 e. The van der Waals surface area contributed by atoms with Gasteiger partial charge in [0.25, 0.3) is 5.69 Å². The Bertz CT molecular complexity index is 844. The van der Waals surface area contributed by atoms with Gasteiger partial charge in [-0.05, 0) is 29.8 Å². The number of esters is 1. The number of nitrogens with zero attached hydrogens (tertiary/aromatic N) is 2. The highest BCUT2D eigenvalue weighted by atomic mass is 16.6. The molecule has 7 nitrogen and oxygen atoms in total. The quantitative estimate of drug-likeness (QED) is 0.399. The number of nitrogens with one attached hydrogen (secondary N) is 1. The molecule has 0 aromatic heterocycles. The van der Waals surface area contributed by atoms with Crippen LogP contribution in [0.15, 0.2) is 54.2 Å². The lowest BCUT2D eigenvalue weighted by Crippen LogP contribution is -2.14. The Morgan fingerprint density at radius 1 is 1.16 bits per heavy atom. The van der Waals surface area contributed by atoms with Crippen molar-refractivity contribution in [2.24, 2.45) is 0 Å². The summed E-state index contributed by atoms with van der Waals surface area (Å²) in [6.45, 7) is 0. The van der Waals surface area contributed by atoms with Gasteiger partial charge in [0.15, 0.2) is 0 Å². The third-order valence-corrected chi connectivity index (χ3v) is 3.87. The van der Waals surface area contributed by atoms with Crippen molar-refractivity contribution in [3.05, 3.63) is 75.5 Å². The molecule has 2 aromatic rings. The molecule has 1 heterocycles. The van der Waals surface area contributed by atoms with Crippen molar-refractivity contribution >= 4 is 23.4 Å². The highest BCUT2D eigenvalue weighted by Crippen LogP contribution is 2.30. The number of hydrogen-bond donors (Lipinski definition) is 1. The Labute approximate surface area is 144 Å². The summed E-state index contributed by atoms with van der Waals surface area (Å²) in [5, 5.41) is 14.1. The number of rotatable bonds is 4. The standard InChI is InChI=1S/C18H17N3O4/c1-20(2)13-9-7-12(8-10-13)11-15-18(22)25-17(19-15)14-5-3-4-6-16(14)21(23)24/h3-11,17,19H,1-2H3/b15-11+. The molecule has 1 aliphatic rings. The van der Waals surface area contributed by atoms with Crippen molar-refractivity contribution in [2.75, 3.05) is 19.0 Å². The number of carbonyl (C=O) groups excluding carboxylic acids is 1. The predicted octanol–water partition coefficient (Wildman–Crippen LogP) is 2.85. The van der Waals surface area contributed by atoms with Crippen molar-refractivity contribution in [1.29, 1.82) is 0 Å². The van der Waals surface area contributed by atoms with E-state index in [0.29, 0.717) is 5.56 Å². The average molecular weight is 339 g/mol. The lowest BCUT2D eigenvalue weighted by atomic mass is 10.1. The van der Waals surface area contributed by atoms with Crippen LogP contribution in [0.2, 0.25) is 0 Å². The number of benzene rings is 2. The Kier molecular flexibility index (Phi) is 4.38. The van der Waals surface area contributed by atoms with Gasteiger partial charge in [-0.3, -0.25) is 10.1 Å². The number of carbonyl (C=O) groups is 1. The van der Waals surface area contributed by atoms with E-state index in [4.69, 9.17) is 4.74 Å². The third-order valence-electron chi connectivity index (χ3n) is 3.87. The number of ether oxygens (including phenoxy) is 1. The number of hydrogen-bond acceptors (Lipinski definition) is 6. The topological polar surface area (TPSA) is 84.7 Å². The molecule has 1 unspecified atom stereocenters. The van der Waals surface area contributed by atoms with Crippen molar-refractivity contribution in [3.63, 3.8) is 0 Å². The van der Waals surface area contributed by atoms with E-state index in [1.807, 2.05) is 43.3 Å². The number of cyclic esters (lactones) is 1. The maximum absolute atomic E-state index is 12.1. The first-order chi connectivity index (χ1) is 12.0. The van der Waals surface area contributed by atoms with Crippen LogP contribution in [0.4, 0.5) is 11.4 Å². The summed E-state index contributed by atoms with van der Waals surface area (Å²) in [6.07, 6.45) is 0.790. The summed E-state index contributed by atoms with van der Waals surface area (Å²) in [4.78, 5) is 24.7. The molecule has 7 heteroatoms. The van der Waals surface area contributed by atoms with Gasteiger partial charge in [-0.15, -0.1) is 0 Å². The molecule has 0 bridgehead atoms. The second kappa shape index (κ2) is 6.64. The van der Waals surface area contributed by atoms with E-state index in [2.05, 4.69) is 5.32 Å². The van der Waals surface area contributed by atoms with Crippen LogP contribution in [0.3, 0.4) is 0 Å². The number of para-hydroxylation sites is 1. The minimum atomic E-state index is -0.874. The van der Waals surface area contributed by atoms with Crippen molar-refractivity contribution < 1.29 is 14.5 Å². The van der Waals surface area contributed by atoms with Crippen LogP contribution in [0.1, 0.15) is 17.4 Å². The first-order valence-electron chi connectivity index (χ1n) is 7.65. The molecule has 2 aromatic carbocycles. The normalized spacial score (nSPS) is 17.9. The van der Waals surface area contributed by atoms with Gasteiger partial charge in [-0.25, -0.2) is 4.79 Å². The summed E-state index contributed by atoms with van der Waals surface area (Å²) in [5.41, 5.74) is 2.35. The van der Waals surface area contributed by atoms with E-state index in [1.165, 1.54) is 6.07 Å².